The molecule has 0 fully saturated rings. The summed E-state index contributed by atoms with van der Waals surface area (Å²) in [5.41, 5.74) is 0.543. The van der Waals surface area contributed by atoms with Crippen LogP contribution >= 0.6 is 23.6 Å². The number of hydrogen-bond acceptors (Lipinski definition) is 7. The van der Waals surface area contributed by atoms with Gasteiger partial charge in [-0.25, -0.2) is 13.4 Å². The minimum atomic E-state index is -3.97. The van der Waals surface area contributed by atoms with Gasteiger partial charge < -0.3 is 15.4 Å². The number of carbonyl (C=O) groups excluding carboxylic acids is 1. The maximum absolute atomic E-state index is 12.8. The summed E-state index contributed by atoms with van der Waals surface area (Å²) in [5.74, 6) is -0.0111. The Hall–Kier alpha value is -2.24. The first-order valence-corrected chi connectivity index (χ1v) is 12.3. The Bertz CT molecular complexity index is 962. The van der Waals surface area contributed by atoms with Crippen LogP contribution in [0.2, 0.25) is 0 Å². The zero-order valence-electron chi connectivity index (χ0n) is 17.1. The second-order valence-corrected chi connectivity index (χ2v) is 9.37. The average molecular weight is 471 g/mol. The second kappa shape index (κ2) is 11.2. The molecule has 0 bridgehead atoms. The molecule has 2 aromatic rings. The maximum atomic E-state index is 12.8. The molecule has 0 saturated heterocycles. The lowest BCUT2D eigenvalue weighted by Gasteiger charge is -2.16. The monoisotopic (exact) mass is 470 g/mol. The van der Waals surface area contributed by atoms with Crippen LogP contribution < -0.4 is 20.1 Å². The third-order valence-corrected chi connectivity index (χ3v) is 6.77. The number of hydrogen-bond donors (Lipinski definition) is 3. The zero-order valence-corrected chi connectivity index (χ0v) is 19.5. The van der Waals surface area contributed by atoms with Crippen molar-refractivity contribution in [3.8, 4) is 5.75 Å². The van der Waals surface area contributed by atoms with E-state index in [4.69, 9.17) is 17.0 Å². The first-order valence-electron chi connectivity index (χ1n) is 9.49. The molecular formula is C19H26N4O4S3. The molecule has 164 valence electrons. The van der Waals surface area contributed by atoms with E-state index in [0.29, 0.717) is 18.6 Å². The van der Waals surface area contributed by atoms with Crippen LogP contribution in [0, 0.1) is 0 Å². The summed E-state index contributed by atoms with van der Waals surface area (Å²) in [6.07, 6.45) is 3.15. The van der Waals surface area contributed by atoms with Crippen molar-refractivity contribution in [3.63, 3.8) is 0 Å². The lowest BCUT2D eigenvalue weighted by molar-refractivity contribution is -0.121. The molecule has 1 atom stereocenters. The molecule has 1 aromatic heterocycles. The lowest BCUT2D eigenvalue weighted by atomic mass is 10.1. The number of thiazole rings is 1. The molecule has 0 radical (unpaired) electrons. The molecule has 0 aliphatic carbocycles. The Morgan fingerprint density at radius 3 is 2.70 bits per heavy atom. The molecule has 1 heterocycles. The molecule has 0 spiro atoms. The minimum absolute atomic E-state index is 0.0227. The van der Waals surface area contributed by atoms with Gasteiger partial charge in [-0.05, 0) is 42.8 Å². The summed E-state index contributed by atoms with van der Waals surface area (Å²) in [5, 5.41) is 8.18. The Labute approximate surface area is 186 Å². The molecule has 1 unspecified atom stereocenters. The summed E-state index contributed by atoms with van der Waals surface area (Å²) in [4.78, 5) is 16.7. The maximum Gasteiger partial charge on any atom is 0.267 e. The number of amides is 1. The molecule has 1 aromatic carbocycles. The summed E-state index contributed by atoms with van der Waals surface area (Å²) in [6, 6.07) is 4.51. The van der Waals surface area contributed by atoms with E-state index in [-0.39, 0.29) is 34.1 Å². The topological polar surface area (TPSA) is 109 Å². The van der Waals surface area contributed by atoms with Crippen LogP contribution in [0.4, 0.5) is 0 Å². The molecule has 1 amide bonds. The van der Waals surface area contributed by atoms with Gasteiger partial charge in [0.05, 0.1) is 19.1 Å². The predicted molar refractivity (Wildman–Crippen MR) is 121 cm³/mol. The van der Waals surface area contributed by atoms with E-state index < -0.39 is 10.0 Å². The van der Waals surface area contributed by atoms with Crippen LogP contribution in [-0.4, -0.2) is 38.1 Å². The highest BCUT2D eigenvalue weighted by Crippen LogP contribution is 2.26. The van der Waals surface area contributed by atoms with Crippen LogP contribution in [0.25, 0.3) is 0 Å². The van der Waals surface area contributed by atoms with Crippen LogP contribution in [0.1, 0.15) is 43.3 Å². The second-order valence-electron chi connectivity index (χ2n) is 6.39. The van der Waals surface area contributed by atoms with Gasteiger partial charge in [0, 0.05) is 18.6 Å². The number of ether oxygens (including phenoxy) is 1. The Morgan fingerprint density at radius 1 is 1.33 bits per heavy atom. The number of rotatable bonds is 10. The van der Waals surface area contributed by atoms with Gasteiger partial charge in [0.15, 0.2) is 5.11 Å². The molecule has 0 saturated carbocycles. The van der Waals surface area contributed by atoms with E-state index in [9.17, 15) is 13.2 Å². The quantitative estimate of drug-likeness (QED) is 0.458. The summed E-state index contributed by atoms with van der Waals surface area (Å²) < 4.78 is 33.4. The lowest BCUT2D eigenvalue weighted by Crippen LogP contribution is -2.37. The van der Waals surface area contributed by atoms with E-state index in [1.807, 2.05) is 19.2 Å². The van der Waals surface area contributed by atoms with Gasteiger partial charge in [0.25, 0.3) is 10.0 Å². The molecule has 3 N–H and O–H groups in total. The van der Waals surface area contributed by atoms with Gasteiger partial charge >= 0.3 is 0 Å². The highest BCUT2D eigenvalue weighted by molar-refractivity contribution is 7.92. The zero-order chi connectivity index (χ0) is 22.1. The largest absolute Gasteiger partial charge is 0.492 e. The van der Waals surface area contributed by atoms with E-state index in [1.165, 1.54) is 24.5 Å². The fourth-order valence-electron chi connectivity index (χ4n) is 2.61. The Balaban J connectivity index is 2.24. The van der Waals surface area contributed by atoms with Crippen molar-refractivity contribution in [1.29, 1.82) is 0 Å². The number of nitrogens with one attached hydrogen (secondary N) is 3. The molecule has 30 heavy (non-hydrogen) atoms. The van der Waals surface area contributed by atoms with Gasteiger partial charge in [0.1, 0.15) is 15.7 Å². The van der Waals surface area contributed by atoms with Crippen molar-refractivity contribution >= 4 is 44.6 Å². The third kappa shape index (κ3) is 6.64. The number of benzene rings is 1. The van der Waals surface area contributed by atoms with Crippen molar-refractivity contribution in [2.24, 2.45) is 0 Å². The van der Waals surface area contributed by atoms with Crippen molar-refractivity contribution < 1.29 is 17.9 Å². The van der Waals surface area contributed by atoms with Gasteiger partial charge in [-0.2, -0.15) is 0 Å². The molecule has 8 nitrogen and oxygen atoms in total. The molecule has 0 aliphatic heterocycles. The van der Waals surface area contributed by atoms with Crippen molar-refractivity contribution in [3.05, 3.63) is 40.3 Å². The van der Waals surface area contributed by atoms with E-state index in [0.717, 1.165) is 11.4 Å². The van der Waals surface area contributed by atoms with Gasteiger partial charge in [-0.1, -0.05) is 19.9 Å². The first kappa shape index (κ1) is 24.0. The molecular weight excluding hydrogens is 444 g/mol. The van der Waals surface area contributed by atoms with Crippen molar-refractivity contribution in [1.82, 2.24) is 20.3 Å². The van der Waals surface area contributed by atoms with Crippen LogP contribution in [-0.2, 0) is 21.2 Å². The van der Waals surface area contributed by atoms with Gasteiger partial charge in [0.2, 0.25) is 5.91 Å². The number of sulfonamides is 1. The molecule has 11 heteroatoms. The fourth-order valence-corrected chi connectivity index (χ4v) is 4.86. The van der Waals surface area contributed by atoms with E-state index in [1.54, 1.807) is 18.3 Å². The van der Waals surface area contributed by atoms with Crippen LogP contribution in [0.3, 0.4) is 0 Å². The normalized spacial score (nSPS) is 12.1. The number of aromatic nitrogens is 1. The summed E-state index contributed by atoms with van der Waals surface area (Å²) in [6.45, 7) is 4.26. The van der Waals surface area contributed by atoms with Gasteiger partial charge in [-0.15, -0.1) is 11.3 Å². The summed E-state index contributed by atoms with van der Waals surface area (Å²) >= 11 is 6.40. The number of carbonyl (C=O) groups is 1. The SMILES string of the molecule is CCCOc1ccc(CC(=O)NC(CC)c2nccs2)cc1S(=O)(=O)NC(=S)NC. The molecule has 2 rings (SSSR count). The number of nitrogens with zero attached hydrogens (tertiary/aromatic N) is 1. The van der Waals surface area contributed by atoms with E-state index in [2.05, 4.69) is 20.3 Å². The number of thiocarbonyl (C=S) groups is 1. The standard InChI is InChI=1S/C19H26N4O4S3/c1-4-9-27-15-7-6-13(11-16(15)30(25,26)23-19(28)20-3)12-17(24)22-14(5-2)18-21-8-10-29-18/h6-8,10-11,14H,4-5,9,12H2,1-3H3,(H,22,24)(H2,20,23,28). The van der Waals surface area contributed by atoms with Crippen molar-refractivity contribution in [2.45, 2.75) is 44.0 Å². The smallest absolute Gasteiger partial charge is 0.267 e. The first-order chi connectivity index (χ1) is 14.3. The predicted octanol–water partition coefficient (Wildman–Crippen LogP) is 2.52. The highest BCUT2D eigenvalue weighted by atomic mass is 32.2. The minimum Gasteiger partial charge on any atom is -0.492 e. The third-order valence-electron chi connectivity index (χ3n) is 4.07. The molecule has 0 aliphatic rings. The van der Waals surface area contributed by atoms with Gasteiger partial charge in [-0.3, -0.25) is 9.52 Å². The van der Waals surface area contributed by atoms with Crippen molar-refractivity contribution in [2.75, 3.05) is 13.7 Å². The Kier molecular flexibility index (Phi) is 9.00. The fraction of sp³-hybridized carbons (Fsp3) is 0.421. The summed E-state index contributed by atoms with van der Waals surface area (Å²) in [7, 11) is -2.45. The Morgan fingerprint density at radius 2 is 2.10 bits per heavy atom. The average Bonchev–Trinajstić information content (AvgIpc) is 3.25. The van der Waals surface area contributed by atoms with Crippen LogP contribution in [0.5, 0.6) is 5.75 Å². The van der Waals surface area contributed by atoms with Crippen LogP contribution in [0.15, 0.2) is 34.7 Å². The van der Waals surface area contributed by atoms with E-state index >= 15 is 0 Å². The highest BCUT2D eigenvalue weighted by Gasteiger charge is 2.22.